The van der Waals surface area contributed by atoms with Crippen molar-refractivity contribution in [2.75, 3.05) is 18.5 Å². The second kappa shape index (κ2) is 4.82. The Labute approximate surface area is 109 Å². The van der Waals surface area contributed by atoms with Gasteiger partial charge in [-0.2, -0.15) is 0 Å². The van der Waals surface area contributed by atoms with Gasteiger partial charge in [-0.05, 0) is 24.5 Å². The van der Waals surface area contributed by atoms with Gasteiger partial charge in [-0.3, -0.25) is 0 Å². The monoisotopic (exact) mass is 266 g/mol. The van der Waals surface area contributed by atoms with E-state index < -0.39 is 0 Å². The molecular weight excluding hydrogens is 251 g/mol. The van der Waals surface area contributed by atoms with E-state index in [1.165, 1.54) is 12.1 Å². The molecule has 1 aliphatic rings. The molecule has 0 spiro atoms. The highest BCUT2D eigenvalue weighted by Gasteiger charge is 2.22. The molecule has 1 aliphatic heterocycles. The summed E-state index contributed by atoms with van der Waals surface area (Å²) in [5.74, 6) is 0.237. The summed E-state index contributed by atoms with van der Waals surface area (Å²) in [6.45, 7) is 3.75. The van der Waals surface area contributed by atoms with E-state index in [0.717, 1.165) is 35.0 Å². The summed E-state index contributed by atoms with van der Waals surface area (Å²) < 4.78 is 19.5. The van der Waals surface area contributed by atoms with Crippen molar-refractivity contribution in [3.63, 3.8) is 0 Å². The van der Waals surface area contributed by atoms with Crippen LogP contribution in [0.15, 0.2) is 18.2 Å². The van der Waals surface area contributed by atoms with Crippen LogP contribution in [0, 0.1) is 11.7 Å². The van der Waals surface area contributed by atoms with Gasteiger partial charge in [0.1, 0.15) is 5.82 Å². The fraction of sp³-hybridized carbons (Fsp3) is 0.462. The quantitative estimate of drug-likeness (QED) is 0.906. The number of thiazole rings is 1. The lowest BCUT2D eigenvalue weighted by Crippen LogP contribution is -2.35. The predicted molar refractivity (Wildman–Crippen MR) is 71.6 cm³/mol. The van der Waals surface area contributed by atoms with E-state index in [-0.39, 0.29) is 5.82 Å². The Bertz CT molecular complexity index is 557. The van der Waals surface area contributed by atoms with Crippen LogP contribution in [0.4, 0.5) is 9.52 Å². The lowest BCUT2D eigenvalue weighted by Gasteiger charge is -2.29. The summed E-state index contributed by atoms with van der Waals surface area (Å²) in [7, 11) is 0. The second-order valence-electron chi connectivity index (χ2n) is 4.72. The van der Waals surface area contributed by atoms with Crippen LogP contribution in [0.3, 0.4) is 0 Å². The zero-order chi connectivity index (χ0) is 12.5. The predicted octanol–water partition coefficient (Wildman–Crippen LogP) is 3.27. The molecule has 0 radical (unpaired) electrons. The zero-order valence-corrected chi connectivity index (χ0v) is 11.0. The Morgan fingerprint density at radius 1 is 1.50 bits per heavy atom. The molecule has 96 valence electrons. The van der Waals surface area contributed by atoms with Gasteiger partial charge < -0.3 is 10.1 Å². The lowest BCUT2D eigenvalue weighted by atomic mass is 9.98. The Morgan fingerprint density at radius 2 is 2.39 bits per heavy atom. The van der Waals surface area contributed by atoms with Gasteiger partial charge in [-0.25, -0.2) is 9.37 Å². The van der Waals surface area contributed by atoms with Crippen LogP contribution in [0.5, 0.6) is 0 Å². The number of ether oxygens (including phenoxy) is 1. The van der Waals surface area contributed by atoms with Gasteiger partial charge in [0.15, 0.2) is 5.13 Å². The molecule has 0 amide bonds. The van der Waals surface area contributed by atoms with E-state index >= 15 is 0 Å². The molecular formula is C13H15FN2OS. The maximum Gasteiger partial charge on any atom is 0.184 e. The smallest absolute Gasteiger partial charge is 0.184 e. The van der Waals surface area contributed by atoms with Gasteiger partial charge >= 0.3 is 0 Å². The van der Waals surface area contributed by atoms with Gasteiger partial charge in [-0.1, -0.05) is 18.3 Å². The summed E-state index contributed by atoms with van der Waals surface area (Å²) in [4.78, 5) is 4.43. The Morgan fingerprint density at radius 3 is 3.22 bits per heavy atom. The van der Waals surface area contributed by atoms with E-state index in [4.69, 9.17) is 4.74 Å². The molecule has 1 aromatic carbocycles. The number of fused-ring (bicyclic) bond motifs is 1. The van der Waals surface area contributed by atoms with Crippen molar-refractivity contribution < 1.29 is 9.13 Å². The number of nitrogens with one attached hydrogen (secondary N) is 1. The van der Waals surface area contributed by atoms with Crippen LogP contribution in [0.1, 0.15) is 13.3 Å². The standard InChI is InChI=1S/C13H15FN2OS/c1-8-7-17-5-4-10(8)15-13-16-11-6-9(14)2-3-12(11)18-13/h2-3,6,8,10H,4-5,7H2,1H3,(H,15,16). The normalized spacial score (nSPS) is 24.3. The molecule has 1 aromatic heterocycles. The summed E-state index contributed by atoms with van der Waals surface area (Å²) in [6.07, 6.45) is 0.992. The largest absolute Gasteiger partial charge is 0.381 e. The highest BCUT2D eigenvalue weighted by Crippen LogP contribution is 2.28. The van der Waals surface area contributed by atoms with Crippen molar-refractivity contribution in [2.45, 2.75) is 19.4 Å². The number of halogens is 1. The zero-order valence-electron chi connectivity index (χ0n) is 10.1. The molecule has 2 heterocycles. The number of anilines is 1. The van der Waals surface area contributed by atoms with Crippen LogP contribution >= 0.6 is 11.3 Å². The van der Waals surface area contributed by atoms with Crippen molar-refractivity contribution in [1.29, 1.82) is 0 Å². The highest BCUT2D eigenvalue weighted by atomic mass is 32.1. The third kappa shape index (κ3) is 2.33. The van der Waals surface area contributed by atoms with Gasteiger partial charge in [0.2, 0.25) is 0 Å². The lowest BCUT2D eigenvalue weighted by molar-refractivity contribution is 0.0538. The first kappa shape index (κ1) is 11.9. The van der Waals surface area contributed by atoms with Crippen LogP contribution in [0.2, 0.25) is 0 Å². The molecule has 1 N–H and O–H groups in total. The molecule has 2 aromatic rings. The average molecular weight is 266 g/mol. The van der Waals surface area contributed by atoms with Gasteiger partial charge in [0, 0.05) is 18.7 Å². The summed E-state index contributed by atoms with van der Waals surface area (Å²) in [6, 6.07) is 5.12. The molecule has 3 rings (SSSR count). The Balaban J connectivity index is 1.81. The third-order valence-electron chi connectivity index (χ3n) is 3.30. The highest BCUT2D eigenvalue weighted by molar-refractivity contribution is 7.22. The molecule has 1 fully saturated rings. The minimum Gasteiger partial charge on any atom is -0.381 e. The average Bonchev–Trinajstić information content (AvgIpc) is 2.73. The van der Waals surface area contributed by atoms with Crippen LogP contribution in [-0.4, -0.2) is 24.2 Å². The summed E-state index contributed by atoms with van der Waals surface area (Å²) in [5, 5.41) is 4.31. The van der Waals surface area contributed by atoms with Gasteiger partial charge in [0.05, 0.1) is 16.8 Å². The van der Waals surface area contributed by atoms with Crippen molar-refractivity contribution in [2.24, 2.45) is 5.92 Å². The van der Waals surface area contributed by atoms with E-state index in [1.807, 2.05) is 0 Å². The maximum atomic E-state index is 13.1. The minimum atomic E-state index is -0.237. The number of rotatable bonds is 2. The summed E-state index contributed by atoms with van der Waals surface area (Å²) >= 11 is 1.57. The molecule has 0 bridgehead atoms. The van der Waals surface area contributed by atoms with Crippen LogP contribution < -0.4 is 5.32 Å². The molecule has 2 unspecified atom stereocenters. The van der Waals surface area contributed by atoms with Gasteiger partial charge in [-0.15, -0.1) is 0 Å². The SMILES string of the molecule is CC1COCCC1Nc1nc2cc(F)ccc2s1. The Kier molecular flexibility index (Phi) is 3.18. The molecule has 1 saturated heterocycles. The van der Waals surface area contributed by atoms with E-state index in [0.29, 0.717) is 12.0 Å². The second-order valence-corrected chi connectivity index (χ2v) is 5.75. The number of hydrogen-bond acceptors (Lipinski definition) is 4. The van der Waals surface area contributed by atoms with Crippen molar-refractivity contribution >= 4 is 26.7 Å². The first-order valence-corrected chi connectivity index (χ1v) is 6.94. The fourth-order valence-corrected chi connectivity index (χ4v) is 3.12. The van der Waals surface area contributed by atoms with Gasteiger partial charge in [0.25, 0.3) is 0 Å². The fourth-order valence-electron chi connectivity index (χ4n) is 2.22. The Hall–Kier alpha value is -1.20. The number of hydrogen-bond donors (Lipinski definition) is 1. The van der Waals surface area contributed by atoms with E-state index in [2.05, 4.69) is 17.2 Å². The molecule has 0 saturated carbocycles. The number of aromatic nitrogens is 1. The molecule has 5 heteroatoms. The third-order valence-corrected chi connectivity index (χ3v) is 4.27. The van der Waals surface area contributed by atoms with E-state index in [9.17, 15) is 4.39 Å². The molecule has 0 aliphatic carbocycles. The number of nitrogens with zero attached hydrogens (tertiary/aromatic N) is 1. The molecule has 18 heavy (non-hydrogen) atoms. The first-order chi connectivity index (χ1) is 8.72. The van der Waals surface area contributed by atoms with Crippen LogP contribution in [-0.2, 0) is 4.74 Å². The summed E-state index contributed by atoms with van der Waals surface area (Å²) in [5.41, 5.74) is 0.724. The van der Waals surface area contributed by atoms with Crippen LogP contribution in [0.25, 0.3) is 10.2 Å². The number of benzene rings is 1. The maximum absolute atomic E-state index is 13.1. The van der Waals surface area contributed by atoms with E-state index in [1.54, 1.807) is 17.4 Å². The minimum absolute atomic E-state index is 0.237. The first-order valence-electron chi connectivity index (χ1n) is 6.13. The van der Waals surface area contributed by atoms with Crippen molar-refractivity contribution in [3.8, 4) is 0 Å². The molecule has 3 nitrogen and oxygen atoms in total. The van der Waals surface area contributed by atoms with Crippen molar-refractivity contribution in [3.05, 3.63) is 24.0 Å². The molecule has 2 atom stereocenters. The topological polar surface area (TPSA) is 34.1 Å². The van der Waals surface area contributed by atoms with Crippen molar-refractivity contribution in [1.82, 2.24) is 4.98 Å².